The third kappa shape index (κ3) is 5.09. The number of amides is 1. The van der Waals surface area contributed by atoms with E-state index in [1.807, 2.05) is 35.2 Å². The molecule has 2 N–H and O–H groups in total. The largest absolute Gasteiger partial charge is 0.340 e. The zero-order valence-electron chi connectivity index (χ0n) is 14.1. The van der Waals surface area contributed by atoms with E-state index in [0.29, 0.717) is 0 Å². The molecule has 2 aliphatic rings. The maximum Gasteiger partial charge on any atom is 0.244 e. The van der Waals surface area contributed by atoms with Gasteiger partial charge >= 0.3 is 0 Å². The van der Waals surface area contributed by atoms with Gasteiger partial charge < -0.3 is 10.6 Å². The van der Waals surface area contributed by atoms with Crippen molar-refractivity contribution in [1.29, 1.82) is 0 Å². The van der Waals surface area contributed by atoms with E-state index in [2.05, 4.69) is 4.90 Å². The summed E-state index contributed by atoms with van der Waals surface area (Å²) in [5, 5.41) is 0. The molecule has 1 saturated carbocycles. The molecule has 1 aliphatic heterocycles. The molecule has 1 aromatic rings. The van der Waals surface area contributed by atoms with E-state index in [9.17, 15) is 4.79 Å². The Labute approximate surface area is 157 Å². The zero-order chi connectivity index (χ0) is 15.4. The van der Waals surface area contributed by atoms with Crippen molar-refractivity contribution in [1.82, 2.24) is 9.80 Å². The van der Waals surface area contributed by atoms with Crippen molar-refractivity contribution in [2.45, 2.75) is 44.2 Å². The number of carbonyl (C=O) groups is 1. The molecule has 1 aliphatic carbocycles. The number of nitrogens with two attached hydrogens (primary N) is 1. The van der Waals surface area contributed by atoms with Crippen LogP contribution in [0.2, 0.25) is 0 Å². The Balaban J connectivity index is 0.00000144. The van der Waals surface area contributed by atoms with E-state index in [4.69, 9.17) is 5.73 Å². The molecule has 6 heteroatoms. The molecular weight excluding hydrogens is 345 g/mol. The van der Waals surface area contributed by atoms with Crippen molar-refractivity contribution in [3.05, 3.63) is 35.9 Å². The van der Waals surface area contributed by atoms with E-state index < -0.39 is 6.04 Å². The fourth-order valence-electron chi connectivity index (χ4n) is 3.79. The highest BCUT2D eigenvalue weighted by atomic mass is 35.5. The fraction of sp³-hybridized carbons (Fsp3) is 0.611. The van der Waals surface area contributed by atoms with Gasteiger partial charge in [0.05, 0.1) is 0 Å². The molecule has 136 valence electrons. The molecule has 3 rings (SSSR count). The maximum atomic E-state index is 12.7. The summed E-state index contributed by atoms with van der Waals surface area (Å²) in [4.78, 5) is 17.2. The molecular formula is C18H29Cl2N3O. The van der Waals surface area contributed by atoms with Crippen LogP contribution < -0.4 is 5.73 Å². The van der Waals surface area contributed by atoms with Crippen LogP contribution in [0, 0.1) is 0 Å². The second-order valence-electron chi connectivity index (χ2n) is 6.54. The lowest BCUT2D eigenvalue weighted by Gasteiger charge is -2.28. The average Bonchev–Trinajstić information content (AvgIpc) is 2.99. The van der Waals surface area contributed by atoms with Gasteiger partial charge in [-0.15, -0.1) is 24.8 Å². The third-order valence-electron chi connectivity index (χ3n) is 5.11. The summed E-state index contributed by atoms with van der Waals surface area (Å²) in [5.74, 6) is 0.0690. The lowest BCUT2D eigenvalue weighted by molar-refractivity contribution is -0.132. The summed E-state index contributed by atoms with van der Waals surface area (Å²) in [6.07, 6.45) is 6.45. The van der Waals surface area contributed by atoms with Crippen molar-refractivity contribution in [2.24, 2.45) is 5.73 Å². The standard InChI is InChI=1S/C18H27N3O.2ClH/c19-17(15-7-2-1-3-8-15)18(22)21-12-6-11-20(13-14-21)16-9-4-5-10-16;;/h1-3,7-8,16-17H,4-6,9-14,19H2;2*1H. The molecule has 1 heterocycles. The lowest BCUT2D eigenvalue weighted by Crippen LogP contribution is -2.41. The van der Waals surface area contributed by atoms with Gasteiger partial charge in [0, 0.05) is 32.2 Å². The van der Waals surface area contributed by atoms with Crippen LogP contribution in [-0.4, -0.2) is 47.9 Å². The van der Waals surface area contributed by atoms with E-state index in [0.717, 1.165) is 44.2 Å². The highest BCUT2D eigenvalue weighted by Crippen LogP contribution is 2.24. The number of benzene rings is 1. The van der Waals surface area contributed by atoms with Crippen LogP contribution in [0.3, 0.4) is 0 Å². The Morgan fingerprint density at radius 3 is 2.29 bits per heavy atom. The van der Waals surface area contributed by atoms with Crippen molar-refractivity contribution in [3.8, 4) is 0 Å². The molecule has 4 nitrogen and oxygen atoms in total. The minimum absolute atomic E-state index is 0. The van der Waals surface area contributed by atoms with Crippen LogP contribution >= 0.6 is 24.8 Å². The van der Waals surface area contributed by atoms with Gasteiger partial charge in [-0.25, -0.2) is 0 Å². The molecule has 0 aromatic heterocycles. The Hall–Kier alpha value is -0.810. The van der Waals surface area contributed by atoms with E-state index in [1.54, 1.807) is 0 Å². The first-order valence-corrected chi connectivity index (χ1v) is 8.59. The first kappa shape index (κ1) is 21.2. The Kier molecular flexibility index (Phi) is 9.06. The predicted molar refractivity (Wildman–Crippen MR) is 103 cm³/mol. The summed E-state index contributed by atoms with van der Waals surface area (Å²) in [7, 11) is 0. The van der Waals surface area contributed by atoms with Gasteiger partial charge in [0.15, 0.2) is 0 Å². The SMILES string of the molecule is Cl.Cl.NC(C(=O)N1CCCN(C2CCCC2)CC1)c1ccccc1. The van der Waals surface area contributed by atoms with Crippen molar-refractivity contribution in [2.75, 3.05) is 26.2 Å². The minimum atomic E-state index is -0.528. The van der Waals surface area contributed by atoms with Crippen molar-refractivity contribution >= 4 is 30.7 Å². The molecule has 0 bridgehead atoms. The van der Waals surface area contributed by atoms with E-state index >= 15 is 0 Å². The highest BCUT2D eigenvalue weighted by Gasteiger charge is 2.28. The second-order valence-corrected chi connectivity index (χ2v) is 6.54. The lowest BCUT2D eigenvalue weighted by atomic mass is 10.1. The molecule has 2 fully saturated rings. The predicted octanol–water partition coefficient (Wildman–Crippen LogP) is 3.01. The third-order valence-corrected chi connectivity index (χ3v) is 5.11. The Morgan fingerprint density at radius 1 is 0.958 bits per heavy atom. The van der Waals surface area contributed by atoms with Crippen molar-refractivity contribution < 1.29 is 4.79 Å². The zero-order valence-corrected chi connectivity index (χ0v) is 15.7. The molecule has 1 aromatic carbocycles. The molecule has 0 radical (unpaired) electrons. The smallest absolute Gasteiger partial charge is 0.244 e. The maximum absolute atomic E-state index is 12.7. The van der Waals surface area contributed by atoms with Gasteiger partial charge in [-0.2, -0.15) is 0 Å². The topological polar surface area (TPSA) is 49.6 Å². The number of rotatable bonds is 3. The molecule has 24 heavy (non-hydrogen) atoms. The second kappa shape index (κ2) is 10.2. The number of carbonyl (C=O) groups excluding carboxylic acids is 1. The minimum Gasteiger partial charge on any atom is -0.340 e. The Bertz CT molecular complexity index is 494. The van der Waals surface area contributed by atoms with Crippen molar-refractivity contribution in [3.63, 3.8) is 0 Å². The van der Waals surface area contributed by atoms with Gasteiger partial charge in [-0.1, -0.05) is 43.2 Å². The summed E-state index contributed by atoms with van der Waals surface area (Å²) < 4.78 is 0. The number of hydrogen-bond donors (Lipinski definition) is 1. The average molecular weight is 374 g/mol. The molecule has 1 unspecified atom stereocenters. The molecule has 1 atom stereocenters. The van der Waals surface area contributed by atoms with Gasteiger partial charge in [0.2, 0.25) is 5.91 Å². The quantitative estimate of drug-likeness (QED) is 0.885. The van der Waals surface area contributed by atoms with E-state index in [-0.39, 0.29) is 30.7 Å². The fourth-order valence-corrected chi connectivity index (χ4v) is 3.79. The van der Waals surface area contributed by atoms with Crippen LogP contribution in [0.4, 0.5) is 0 Å². The monoisotopic (exact) mass is 373 g/mol. The molecule has 1 amide bonds. The first-order valence-electron chi connectivity index (χ1n) is 8.59. The van der Waals surface area contributed by atoms with Crippen LogP contribution in [0.5, 0.6) is 0 Å². The van der Waals surface area contributed by atoms with Gasteiger partial charge in [-0.3, -0.25) is 9.69 Å². The first-order chi connectivity index (χ1) is 10.8. The highest BCUT2D eigenvalue weighted by molar-refractivity contribution is 5.85. The van der Waals surface area contributed by atoms with Gasteiger partial charge in [0.1, 0.15) is 6.04 Å². The van der Waals surface area contributed by atoms with E-state index in [1.165, 1.54) is 25.7 Å². The van der Waals surface area contributed by atoms with Gasteiger partial charge in [0.25, 0.3) is 0 Å². The number of hydrogen-bond acceptors (Lipinski definition) is 3. The summed E-state index contributed by atoms with van der Waals surface area (Å²) in [6.45, 7) is 3.77. The summed E-state index contributed by atoms with van der Waals surface area (Å²) in [5.41, 5.74) is 7.08. The molecule has 1 saturated heterocycles. The van der Waals surface area contributed by atoms with Crippen LogP contribution in [0.15, 0.2) is 30.3 Å². The van der Waals surface area contributed by atoms with Crippen LogP contribution in [0.25, 0.3) is 0 Å². The number of halogens is 2. The summed E-state index contributed by atoms with van der Waals surface area (Å²) in [6, 6.07) is 9.92. The van der Waals surface area contributed by atoms with Crippen LogP contribution in [0.1, 0.15) is 43.7 Å². The normalized spacial score (nSPS) is 20.6. The summed E-state index contributed by atoms with van der Waals surface area (Å²) >= 11 is 0. The molecule has 0 spiro atoms. The van der Waals surface area contributed by atoms with Crippen LogP contribution in [-0.2, 0) is 4.79 Å². The Morgan fingerprint density at radius 2 is 1.62 bits per heavy atom. The number of nitrogens with zero attached hydrogens (tertiary/aromatic N) is 2. The van der Waals surface area contributed by atoms with Gasteiger partial charge in [-0.05, 0) is 24.8 Å².